The second-order valence-electron chi connectivity index (χ2n) is 14.2. The first-order valence-electron chi connectivity index (χ1n) is 19.3. The first-order valence-corrected chi connectivity index (χ1v) is 22.9. The molecule has 0 saturated carbocycles. The van der Waals surface area contributed by atoms with Crippen LogP contribution in [0.25, 0.3) is 0 Å². The van der Waals surface area contributed by atoms with Crippen LogP contribution in [0.15, 0.2) is 73.2 Å². The molecule has 308 valence electrons. The Labute approximate surface area is 348 Å². The minimum absolute atomic E-state index is 0.150. The Morgan fingerprint density at radius 2 is 1.16 bits per heavy atom. The second-order valence-corrected chi connectivity index (χ2v) is 18.3. The third kappa shape index (κ3) is 13.1. The summed E-state index contributed by atoms with van der Waals surface area (Å²) in [5.74, 6) is 0.808. The van der Waals surface area contributed by atoms with Gasteiger partial charge >= 0.3 is 12.1 Å². The van der Waals surface area contributed by atoms with Crippen LogP contribution >= 0.6 is 22.7 Å². The highest BCUT2D eigenvalue weighted by Crippen LogP contribution is 2.32. The van der Waals surface area contributed by atoms with Crippen molar-refractivity contribution >= 4 is 83.6 Å². The molecule has 2 fully saturated rings. The lowest BCUT2D eigenvalue weighted by atomic mass is 10.1. The van der Waals surface area contributed by atoms with E-state index in [0.717, 1.165) is 84.3 Å². The van der Waals surface area contributed by atoms with Crippen LogP contribution in [-0.2, 0) is 23.1 Å². The molecule has 0 aliphatic carbocycles. The van der Waals surface area contributed by atoms with E-state index in [9.17, 15) is 18.0 Å². The molecule has 2 aliphatic heterocycles. The van der Waals surface area contributed by atoms with Gasteiger partial charge in [0.05, 0.1) is 35.6 Å². The number of anilines is 7. The zero-order valence-electron chi connectivity index (χ0n) is 33.0. The summed E-state index contributed by atoms with van der Waals surface area (Å²) < 4.78 is 24.7. The number of rotatable bonds is 12. The summed E-state index contributed by atoms with van der Waals surface area (Å²) in [6.07, 6.45) is 13.4. The van der Waals surface area contributed by atoms with Crippen LogP contribution in [0.4, 0.5) is 48.4 Å². The first-order chi connectivity index (χ1) is 28.0. The molecule has 0 atom stereocenters. The molecule has 18 heteroatoms. The Morgan fingerprint density at radius 1 is 0.655 bits per heavy atom. The van der Waals surface area contributed by atoms with Gasteiger partial charge in [0.25, 0.3) is 0 Å². The van der Waals surface area contributed by atoms with Gasteiger partial charge in [0.2, 0.25) is 10.0 Å². The number of carbonyl (C=O) groups excluding carboxylic acids is 2. The molecule has 2 aromatic carbocycles. The fraction of sp³-hybridized carbons (Fsp3) is 0.375. The van der Waals surface area contributed by atoms with Crippen molar-refractivity contribution in [3.63, 3.8) is 0 Å². The lowest BCUT2D eigenvalue weighted by molar-refractivity contribution is 0.261. The molecule has 3 aromatic heterocycles. The molecule has 0 spiro atoms. The molecule has 4 amide bonds. The van der Waals surface area contributed by atoms with E-state index in [2.05, 4.69) is 75.1 Å². The number of nitrogens with zero attached hydrogens (tertiary/aromatic N) is 5. The number of benzene rings is 2. The van der Waals surface area contributed by atoms with Crippen molar-refractivity contribution in [1.82, 2.24) is 19.7 Å². The third-order valence-corrected chi connectivity index (χ3v) is 11.9. The standard InChI is InChI=1S/C22H26N6OS.C18H25N5O3S2/c1-16-8-9-18(19(13-16)28-11-5-2-6-12-28)26-21(29)27-22-25-15-17(30-22)14-24-20-7-3-4-10-23-20;1-13-6-7-15(16(10-13)23-8-4-3-5-9-23)21-17(24)22-18-19-11-14(27-18)12-20-28(2,25)26/h3-4,7-10,13,15H,2,5-6,11-12,14H2,1H3,(H,23,24)(H2,25,26,27,29);6-7,10-11,20H,3-5,8-9,12H2,1-2H3,(H2,19,21,22,24). The van der Waals surface area contributed by atoms with Gasteiger partial charge in [-0.05, 0) is 99.9 Å². The summed E-state index contributed by atoms with van der Waals surface area (Å²) >= 11 is 2.67. The fourth-order valence-electron chi connectivity index (χ4n) is 6.53. The Balaban J connectivity index is 0.000000196. The average Bonchev–Trinajstić information content (AvgIpc) is 3.87. The number of urea groups is 2. The van der Waals surface area contributed by atoms with Crippen molar-refractivity contribution in [2.24, 2.45) is 0 Å². The van der Waals surface area contributed by atoms with Gasteiger partial charge < -0.3 is 25.8 Å². The minimum Gasteiger partial charge on any atom is -0.370 e. The summed E-state index contributed by atoms with van der Waals surface area (Å²) in [6.45, 7) is 8.90. The smallest absolute Gasteiger partial charge is 0.325 e. The van der Waals surface area contributed by atoms with Crippen LogP contribution in [-0.4, -0.2) is 67.9 Å². The molecule has 5 heterocycles. The quantitative estimate of drug-likeness (QED) is 0.0715. The van der Waals surface area contributed by atoms with Crippen LogP contribution in [0.3, 0.4) is 0 Å². The molecule has 6 N–H and O–H groups in total. The Hall–Kier alpha value is -5.30. The number of hydrogen-bond donors (Lipinski definition) is 6. The highest BCUT2D eigenvalue weighted by atomic mass is 32.2. The van der Waals surface area contributed by atoms with E-state index in [-0.39, 0.29) is 18.6 Å². The highest BCUT2D eigenvalue weighted by molar-refractivity contribution is 7.88. The van der Waals surface area contributed by atoms with E-state index in [1.54, 1.807) is 18.6 Å². The van der Waals surface area contributed by atoms with Crippen LogP contribution in [0.1, 0.15) is 59.4 Å². The summed E-state index contributed by atoms with van der Waals surface area (Å²) in [5.41, 5.74) is 6.05. The molecule has 0 radical (unpaired) electrons. The number of piperidine rings is 2. The zero-order chi connectivity index (χ0) is 40.9. The number of nitrogens with one attached hydrogen (secondary N) is 6. The predicted octanol–water partition coefficient (Wildman–Crippen LogP) is 8.23. The van der Waals surface area contributed by atoms with Crippen LogP contribution in [0.2, 0.25) is 0 Å². The maximum Gasteiger partial charge on any atom is 0.325 e. The van der Waals surface area contributed by atoms with Crippen LogP contribution in [0, 0.1) is 13.8 Å². The van der Waals surface area contributed by atoms with Crippen molar-refractivity contribution in [3.8, 4) is 0 Å². The summed E-state index contributed by atoms with van der Waals surface area (Å²) in [5, 5.41) is 15.7. The van der Waals surface area contributed by atoms with E-state index in [4.69, 9.17) is 0 Å². The molecule has 2 aliphatic rings. The monoisotopic (exact) mass is 845 g/mol. The lowest BCUT2D eigenvalue weighted by Crippen LogP contribution is -2.31. The van der Waals surface area contributed by atoms with Crippen LogP contribution < -0.4 is 41.1 Å². The predicted molar refractivity (Wildman–Crippen MR) is 237 cm³/mol. The Morgan fingerprint density at radius 3 is 1.62 bits per heavy atom. The number of hydrogen-bond acceptors (Lipinski definition) is 12. The molecule has 5 aromatic rings. The number of amides is 4. The van der Waals surface area contributed by atoms with Crippen molar-refractivity contribution < 1.29 is 18.0 Å². The largest absolute Gasteiger partial charge is 0.370 e. The maximum atomic E-state index is 12.6. The average molecular weight is 846 g/mol. The Bertz CT molecular complexity index is 2240. The summed E-state index contributed by atoms with van der Waals surface area (Å²) in [4.78, 5) is 44.1. The van der Waals surface area contributed by atoms with Gasteiger partial charge in [-0.2, -0.15) is 0 Å². The van der Waals surface area contributed by atoms with E-state index in [1.807, 2.05) is 49.4 Å². The number of carbonyl (C=O) groups is 2. The molecule has 58 heavy (non-hydrogen) atoms. The fourth-order valence-corrected chi connectivity index (χ4v) is 8.53. The van der Waals surface area contributed by atoms with Gasteiger partial charge in [0.1, 0.15) is 5.82 Å². The topological polar surface area (TPSA) is 186 Å². The second kappa shape index (κ2) is 20.4. The molecule has 15 nitrogen and oxygen atoms in total. The molecule has 0 bridgehead atoms. The first kappa shape index (κ1) is 42.3. The molecule has 7 rings (SSSR count). The van der Waals surface area contributed by atoms with E-state index in [0.29, 0.717) is 21.7 Å². The molecular weight excluding hydrogens is 795 g/mol. The number of aromatic nitrogens is 3. The van der Waals surface area contributed by atoms with Crippen LogP contribution in [0.5, 0.6) is 0 Å². The molecule has 2 saturated heterocycles. The normalized spacial score (nSPS) is 14.2. The number of sulfonamides is 1. The summed E-state index contributed by atoms with van der Waals surface area (Å²) in [7, 11) is -3.27. The van der Waals surface area contributed by atoms with Gasteiger partial charge in [-0.1, -0.05) is 29.5 Å². The molecule has 0 unspecified atom stereocenters. The Kier molecular flexibility index (Phi) is 14.9. The zero-order valence-corrected chi connectivity index (χ0v) is 35.5. The van der Waals surface area contributed by atoms with Gasteiger partial charge in [-0.25, -0.2) is 37.7 Å². The number of pyridine rings is 1. The van der Waals surface area contributed by atoms with Gasteiger partial charge in [0.15, 0.2) is 10.3 Å². The minimum atomic E-state index is -3.27. The van der Waals surface area contributed by atoms with E-state index in [1.165, 1.54) is 53.9 Å². The van der Waals surface area contributed by atoms with Crippen molar-refractivity contribution in [3.05, 3.63) is 94.1 Å². The van der Waals surface area contributed by atoms with Crippen molar-refractivity contribution in [1.29, 1.82) is 0 Å². The van der Waals surface area contributed by atoms with Crippen molar-refractivity contribution in [2.45, 2.75) is 65.5 Å². The van der Waals surface area contributed by atoms with Gasteiger partial charge in [-0.15, -0.1) is 11.3 Å². The lowest BCUT2D eigenvalue weighted by Gasteiger charge is -2.30. The summed E-state index contributed by atoms with van der Waals surface area (Å²) in [6, 6.07) is 17.2. The third-order valence-electron chi connectivity index (χ3n) is 9.36. The number of thiazole rings is 2. The highest BCUT2D eigenvalue weighted by Gasteiger charge is 2.19. The number of aryl methyl sites for hydroxylation is 2. The van der Waals surface area contributed by atoms with Crippen molar-refractivity contribution in [2.75, 3.05) is 68.8 Å². The SMILES string of the molecule is Cc1ccc(NC(=O)Nc2ncc(CNS(C)(=O)=O)s2)c(N2CCCCC2)c1.Cc1ccc(NC(=O)Nc2ncc(CNc3ccccn3)s2)c(N2CCCCC2)c1. The van der Waals surface area contributed by atoms with Gasteiger partial charge in [-0.3, -0.25) is 10.6 Å². The van der Waals surface area contributed by atoms with Gasteiger partial charge in [0, 0.05) is 61.1 Å². The molecular formula is C40H51N11O4S3. The maximum absolute atomic E-state index is 12.6. The van der Waals surface area contributed by atoms with E-state index >= 15 is 0 Å². The van der Waals surface area contributed by atoms with E-state index < -0.39 is 10.0 Å².